The lowest BCUT2D eigenvalue weighted by Crippen LogP contribution is -2.30. The molecule has 1 N–H and O–H groups in total. The summed E-state index contributed by atoms with van der Waals surface area (Å²) in [6.45, 7) is 1.66. The van der Waals surface area contributed by atoms with Gasteiger partial charge in [-0.3, -0.25) is 4.79 Å². The van der Waals surface area contributed by atoms with E-state index in [1.54, 1.807) is 56.5 Å². The molecule has 0 aromatic heterocycles. The lowest BCUT2D eigenvalue weighted by Gasteiger charge is -2.15. The van der Waals surface area contributed by atoms with Crippen molar-refractivity contribution in [3.05, 3.63) is 52.5 Å². The van der Waals surface area contributed by atoms with Crippen LogP contribution in [0.5, 0.6) is 11.5 Å². The van der Waals surface area contributed by atoms with E-state index >= 15 is 0 Å². The molecule has 0 aliphatic heterocycles. The fourth-order valence-electron chi connectivity index (χ4n) is 1.78. The second kappa shape index (κ2) is 7.38. The Balaban J connectivity index is 1.99. The highest BCUT2D eigenvalue weighted by Gasteiger charge is 2.15. The van der Waals surface area contributed by atoms with Gasteiger partial charge in [0.25, 0.3) is 5.91 Å². The minimum atomic E-state index is -0.675. The summed E-state index contributed by atoms with van der Waals surface area (Å²) in [5, 5.41) is 3.61. The number of hydrogen-bond acceptors (Lipinski definition) is 3. The van der Waals surface area contributed by atoms with Crippen LogP contribution in [0.1, 0.15) is 6.92 Å². The van der Waals surface area contributed by atoms with Crippen molar-refractivity contribution < 1.29 is 14.3 Å². The average molecular weight is 340 g/mol. The molecule has 22 heavy (non-hydrogen) atoms. The number of hydrogen-bond donors (Lipinski definition) is 1. The number of carbonyl (C=O) groups is 1. The second-order valence-electron chi connectivity index (χ2n) is 4.58. The van der Waals surface area contributed by atoms with E-state index in [-0.39, 0.29) is 5.91 Å². The van der Waals surface area contributed by atoms with Crippen molar-refractivity contribution in [3.8, 4) is 11.5 Å². The first-order valence-electron chi connectivity index (χ1n) is 6.55. The summed E-state index contributed by atoms with van der Waals surface area (Å²) in [6.07, 6.45) is -0.675. The van der Waals surface area contributed by atoms with Crippen LogP contribution in [-0.2, 0) is 4.79 Å². The number of amides is 1. The van der Waals surface area contributed by atoms with Gasteiger partial charge in [0.05, 0.1) is 7.11 Å². The fraction of sp³-hybridized carbons (Fsp3) is 0.188. The molecule has 6 heteroatoms. The molecule has 0 bridgehead atoms. The molecule has 2 rings (SSSR count). The van der Waals surface area contributed by atoms with Gasteiger partial charge >= 0.3 is 0 Å². The van der Waals surface area contributed by atoms with Gasteiger partial charge < -0.3 is 14.8 Å². The summed E-state index contributed by atoms with van der Waals surface area (Å²) < 4.78 is 10.6. The molecular formula is C16H15Cl2NO3. The van der Waals surface area contributed by atoms with Crippen LogP contribution in [0.2, 0.25) is 10.0 Å². The Morgan fingerprint density at radius 3 is 2.14 bits per heavy atom. The maximum atomic E-state index is 12.1. The van der Waals surface area contributed by atoms with Gasteiger partial charge in [-0.05, 0) is 49.4 Å². The quantitative estimate of drug-likeness (QED) is 0.877. The molecule has 0 unspecified atom stereocenters. The smallest absolute Gasteiger partial charge is 0.265 e. The van der Waals surface area contributed by atoms with Gasteiger partial charge in [-0.1, -0.05) is 23.2 Å². The maximum absolute atomic E-state index is 12.1. The van der Waals surface area contributed by atoms with Crippen molar-refractivity contribution in [1.82, 2.24) is 0 Å². The van der Waals surface area contributed by atoms with E-state index in [9.17, 15) is 4.79 Å². The summed E-state index contributed by atoms with van der Waals surface area (Å²) in [4.78, 5) is 12.1. The molecule has 4 nitrogen and oxygen atoms in total. The first-order chi connectivity index (χ1) is 10.5. The predicted molar refractivity (Wildman–Crippen MR) is 88.2 cm³/mol. The molecule has 116 valence electrons. The second-order valence-corrected chi connectivity index (χ2v) is 5.46. The van der Waals surface area contributed by atoms with Crippen LogP contribution in [0.4, 0.5) is 5.69 Å². The zero-order valence-corrected chi connectivity index (χ0v) is 13.6. The van der Waals surface area contributed by atoms with Crippen LogP contribution in [0.25, 0.3) is 0 Å². The van der Waals surface area contributed by atoms with Gasteiger partial charge in [0.15, 0.2) is 6.10 Å². The van der Waals surface area contributed by atoms with Crippen molar-refractivity contribution in [3.63, 3.8) is 0 Å². The minimum absolute atomic E-state index is 0.297. The number of nitrogens with one attached hydrogen (secondary N) is 1. The van der Waals surface area contributed by atoms with Gasteiger partial charge in [0.2, 0.25) is 0 Å². The maximum Gasteiger partial charge on any atom is 0.265 e. The molecule has 0 fully saturated rings. The standard InChI is InChI=1S/C16H15Cl2NO3/c1-10(22-15-5-3-14(21-2)4-6-15)16(20)19-13-8-11(17)7-12(18)9-13/h3-10H,1-2H3,(H,19,20)/t10-/m0/s1. The molecule has 1 atom stereocenters. The summed E-state index contributed by atoms with van der Waals surface area (Å²) >= 11 is 11.8. The van der Waals surface area contributed by atoms with Crippen molar-refractivity contribution in [2.75, 3.05) is 12.4 Å². The molecule has 0 aliphatic carbocycles. The van der Waals surface area contributed by atoms with Crippen LogP contribution >= 0.6 is 23.2 Å². The minimum Gasteiger partial charge on any atom is -0.497 e. The van der Waals surface area contributed by atoms with Crippen LogP contribution in [0, 0.1) is 0 Å². The first kappa shape index (κ1) is 16.5. The van der Waals surface area contributed by atoms with Gasteiger partial charge in [-0.15, -0.1) is 0 Å². The van der Waals surface area contributed by atoms with E-state index in [0.717, 1.165) is 5.75 Å². The van der Waals surface area contributed by atoms with E-state index in [4.69, 9.17) is 32.7 Å². The van der Waals surface area contributed by atoms with Crippen LogP contribution in [-0.4, -0.2) is 19.1 Å². The Labute approximate surface area is 138 Å². The van der Waals surface area contributed by atoms with E-state index in [2.05, 4.69) is 5.32 Å². The van der Waals surface area contributed by atoms with Gasteiger partial charge in [-0.25, -0.2) is 0 Å². The van der Waals surface area contributed by atoms with Crippen LogP contribution < -0.4 is 14.8 Å². The van der Waals surface area contributed by atoms with Crippen LogP contribution in [0.3, 0.4) is 0 Å². The number of halogens is 2. The van der Waals surface area contributed by atoms with Gasteiger partial charge in [-0.2, -0.15) is 0 Å². The number of anilines is 1. The highest BCUT2D eigenvalue weighted by molar-refractivity contribution is 6.35. The highest BCUT2D eigenvalue weighted by Crippen LogP contribution is 2.23. The SMILES string of the molecule is COc1ccc(O[C@@H](C)C(=O)Nc2cc(Cl)cc(Cl)c2)cc1. The number of methoxy groups -OCH3 is 1. The molecule has 0 spiro atoms. The van der Waals surface area contributed by atoms with Crippen LogP contribution in [0.15, 0.2) is 42.5 Å². The lowest BCUT2D eigenvalue weighted by atomic mass is 10.3. The Bertz CT molecular complexity index is 639. The third-order valence-electron chi connectivity index (χ3n) is 2.87. The fourth-order valence-corrected chi connectivity index (χ4v) is 2.31. The summed E-state index contributed by atoms with van der Waals surface area (Å²) in [7, 11) is 1.59. The zero-order chi connectivity index (χ0) is 16.1. The van der Waals surface area contributed by atoms with Crippen molar-refractivity contribution in [2.45, 2.75) is 13.0 Å². The Morgan fingerprint density at radius 1 is 1.05 bits per heavy atom. The Hall–Kier alpha value is -1.91. The van der Waals surface area contributed by atoms with E-state index in [1.165, 1.54) is 0 Å². The topological polar surface area (TPSA) is 47.6 Å². The molecule has 0 aliphatic rings. The first-order valence-corrected chi connectivity index (χ1v) is 7.31. The molecule has 0 saturated heterocycles. The number of benzene rings is 2. The summed E-state index contributed by atoms with van der Waals surface area (Å²) in [6, 6.07) is 11.8. The van der Waals surface area contributed by atoms with Gasteiger partial charge in [0, 0.05) is 15.7 Å². The highest BCUT2D eigenvalue weighted by atomic mass is 35.5. The Kier molecular flexibility index (Phi) is 5.52. The van der Waals surface area contributed by atoms with E-state index in [0.29, 0.717) is 21.5 Å². The molecule has 0 heterocycles. The summed E-state index contributed by atoms with van der Waals surface area (Å²) in [5.41, 5.74) is 0.521. The summed E-state index contributed by atoms with van der Waals surface area (Å²) in [5.74, 6) is 1.000. The van der Waals surface area contributed by atoms with Crippen molar-refractivity contribution in [1.29, 1.82) is 0 Å². The van der Waals surface area contributed by atoms with Crippen molar-refractivity contribution >= 4 is 34.8 Å². The number of carbonyl (C=O) groups excluding carboxylic acids is 1. The molecule has 0 saturated carbocycles. The van der Waals surface area contributed by atoms with Crippen molar-refractivity contribution in [2.24, 2.45) is 0 Å². The largest absolute Gasteiger partial charge is 0.497 e. The number of rotatable bonds is 5. The molecule has 1 amide bonds. The number of ether oxygens (including phenoxy) is 2. The van der Waals surface area contributed by atoms with E-state index in [1.807, 2.05) is 0 Å². The Morgan fingerprint density at radius 2 is 1.59 bits per heavy atom. The zero-order valence-electron chi connectivity index (χ0n) is 12.1. The lowest BCUT2D eigenvalue weighted by molar-refractivity contribution is -0.122. The average Bonchev–Trinajstić information content (AvgIpc) is 2.46. The molecule has 0 radical (unpaired) electrons. The predicted octanol–water partition coefficient (Wildman–Crippen LogP) is 4.41. The monoisotopic (exact) mass is 339 g/mol. The third kappa shape index (κ3) is 4.55. The molecule has 2 aromatic rings. The molecule has 2 aromatic carbocycles. The van der Waals surface area contributed by atoms with Gasteiger partial charge in [0.1, 0.15) is 11.5 Å². The normalized spacial score (nSPS) is 11.6. The third-order valence-corrected chi connectivity index (χ3v) is 3.31. The molecular weight excluding hydrogens is 325 g/mol. The van der Waals surface area contributed by atoms with E-state index < -0.39 is 6.10 Å².